The molecule has 0 saturated heterocycles. The quantitative estimate of drug-likeness (QED) is 0.730. The van der Waals surface area contributed by atoms with Gasteiger partial charge < -0.3 is 10.1 Å². The number of ether oxygens (including phenoxy) is 1. The molecule has 0 unspecified atom stereocenters. The van der Waals surface area contributed by atoms with Crippen molar-refractivity contribution in [3.8, 4) is 11.5 Å². The fourth-order valence-electron chi connectivity index (χ4n) is 1.87. The maximum Gasteiger partial charge on any atom is 0.146 e. The van der Waals surface area contributed by atoms with E-state index in [1.165, 1.54) is 5.56 Å². The van der Waals surface area contributed by atoms with Crippen LogP contribution in [-0.2, 0) is 6.54 Å². The third-order valence-electron chi connectivity index (χ3n) is 3.02. The molecule has 21 heavy (non-hydrogen) atoms. The maximum absolute atomic E-state index is 6.31. The lowest BCUT2D eigenvalue weighted by molar-refractivity contribution is 0.479. The highest BCUT2D eigenvalue weighted by molar-refractivity contribution is 9.10. The van der Waals surface area contributed by atoms with Crippen molar-refractivity contribution < 1.29 is 4.74 Å². The number of rotatable bonds is 5. The summed E-state index contributed by atoms with van der Waals surface area (Å²) in [7, 11) is 0. The molecule has 0 aliphatic heterocycles. The second-order valence-corrected chi connectivity index (χ2v) is 6.60. The summed E-state index contributed by atoms with van der Waals surface area (Å²) in [6.07, 6.45) is 0. The van der Waals surface area contributed by atoms with Crippen molar-refractivity contribution in [1.29, 1.82) is 0 Å². The van der Waals surface area contributed by atoms with Gasteiger partial charge in [0.15, 0.2) is 0 Å². The average Bonchev–Trinajstić information content (AvgIpc) is 2.42. The van der Waals surface area contributed by atoms with Crippen LogP contribution in [0.3, 0.4) is 0 Å². The highest BCUT2D eigenvalue weighted by Gasteiger charge is 2.08. The molecule has 0 bridgehead atoms. The van der Waals surface area contributed by atoms with Crippen LogP contribution in [0, 0.1) is 6.92 Å². The van der Waals surface area contributed by atoms with Gasteiger partial charge in [0.05, 0.1) is 9.50 Å². The van der Waals surface area contributed by atoms with Crippen LogP contribution in [0.2, 0.25) is 5.02 Å². The van der Waals surface area contributed by atoms with Crippen molar-refractivity contribution >= 4 is 27.5 Å². The lowest BCUT2D eigenvalue weighted by Gasteiger charge is -2.12. The number of aryl methyl sites for hydroxylation is 1. The van der Waals surface area contributed by atoms with Crippen molar-refractivity contribution in [2.45, 2.75) is 33.4 Å². The standard InChI is InChI=1S/C17H19BrClNO/c1-11(2)20-10-13-5-7-17(15(19)9-13)21-16-6-4-12(3)8-14(16)18/h4-9,11,20H,10H2,1-3H3. The molecule has 0 radical (unpaired) electrons. The molecule has 0 aromatic heterocycles. The lowest BCUT2D eigenvalue weighted by Crippen LogP contribution is -2.21. The zero-order valence-corrected chi connectivity index (χ0v) is 14.8. The first kappa shape index (κ1) is 16.3. The molecule has 0 aliphatic carbocycles. The molecule has 2 rings (SSSR count). The maximum atomic E-state index is 6.31. The Kier molecular flexibility index (Phi) is 5.68. The molecule has 0 spiro atoms. The van der Waals surface area contributed by atoms with Crippen LogP contribution in [0.15, 0.2) is 40.9 Å². The number of halogens is 2. The Morgan fingerprint density at radius 1 is 1.14 bits per heavy atom. The van der Waals surface area contributed by atoms with Crippen molar-refractivity contribution in [2.24, 2.45) is 0 Å². The zero-order valence-electron chi connectivity index (χ0n) is 12.4. The molecule has 4 heteroatoms. The third-order valence-corrected chi connectivity index (χ3v) is 3.93. The van der Waals surface area contributed by atoms with E-state index in [9.17, 15) is 0 Å². The van der Waals surface area contributed by atoms with Crippen molar-refractivity contribution in [2.75, 3.05) is 0 Å². The fourth-order valence-corrected chi connectivity index (χ4v) is 2.68. The van der Waals surface area contributed by atoms with E-state index < -0.39 is 0 Å². The van der Waals surface area contributed by atoms with Gasteiger partial charge in [0.25, 0.3) is 0 Å². The highest BCUT2D eigenvalue weighted by Crippen LogP contribution is 2.34. The Morgan fingerprint density at radius 2 is 1.86 bits per heavy atom. The molecule has 0 heterocycles. The molecule has 0 aliphatic rings. The smallest absolute Gasteiger partial charge is 0.146 e. The summed E-state index contributed by atoms with van der Waals surface area (Å²) in [5.41, 5.74) is 2.32. The summed E-state index contributed by atoms with van der Waals surface area (Å²) < 4.78 is 6.80. The molecule has 112 valence electrons. The molecule has 0 atom stereocenters. The zero-order chi connectivity index (χ0) is 15.4. The molecule has 0 amide bonds. The Hall–Kier alpha value is -1.03. The van der Waals surface area contributed by atoms with Gasteiger partial charge in [-0.15, -0.1) is 0 Å². The van der Waals surface area contributed by atoms with Gasteiger partial charge in [-0.25, -0.2) is 0 Å². The van der Waals surface area contributed by atoms with Gasteiger partial charge in [-0.1, -0.05) is 37.6 Å². The molecule has 0 saturated carbocycles. The Bertz CT molecular complexity index is 628. The topological polar surface area (TPSA) is 21.3 Å². The second kappa shape index (κ2) is 7.30. The first-order valence-electron chi connectivity index (χ1n) is 6.91. The van der Waals surface area contributed by atoms with Crippen LogP contribution in [0.25, 0.3) is 0 Å². The molecule has 2 aromatic rings. The minimum atomic E-state index is 0.447. The number of nitrogens with one attached hydrogen (secondary N) is 1. The van der Waals surface area contributed by atoms with E-state index >= 15 is 0 Å². The van der Waals surface area contributed by atoms with E-state index in [0.29, 0.717) is 16.8 Å². The van der Waals surface area contributed by atoms with E-state index in [2.05, 4.69) is 35.1 Å². The summed E-state index contributed by atoms with van der Waals surface area (Å²) in [5.74, 6) is 1.42. The van der Waals surface area contributed by atoms with Gasteiger partial charge in [-0.2, -0.15) is 0 Å². The van der Waals surface area contributed by atoms with Crippen molar-refractivity contribution in [3.63, 3.8) is 0 Å². The predicted octanol–water partition coefficient (Wildman–Crippen LogP) is 5.70. The Morgan fingerprint density at radius 3 is 2.48 bits per heavy atom. The average molecular weight is 369 g/mol. The van der Waals surface area contributed by atoms with Crippen LogP contribution in [0.5, 0.6) is 11.5 Å². The summed E-state index contributed by atoms with van der Waals surface area (Å²) in [4.78, 5) is 0. The minimum absolute atomic E-state index is 0.447. The predicted molar refractivity (Wildman–Crippen MR) is 92.4 cm³/mol. The van der Waals surface area contributed by atoms with Crippen molar-refractivity contribution in [1.82, 2.24) is 5.32 Å². The molecular weight excluding hydrogens is 350 g/mol. The second-order valence-electron chi connectivity index (χ2n) is 5.34. The SMILES string of the molecule is Cc1ccc(Oc2ccc(CNC(C)C)cc2Cl)c(Br)c1. The van der Waals surface area contributed by atoms with Crippen molar-refractivity contribution in [3.05, 3.63) is 57.0 Å². The first-order chi connectivity index (χ1) is 9.95. The van der Waals surface area contributed by atoms with Gasteiger partial charge in [-0.3, -0.25) is 0 Å². The molecule has 0 fully saturated rings. The van der Waals surface area contributed by atoms with Crippen LogP contribution in [-0.4, -0.2) is 6.04 Å². The van der Waals surface area contributed by atoms with Gasteiger partial charge in [0.1, 0.15) is 11.5 Å². The van der Waals surface area contributed by atoms with Gasteiger partial charge >= 0.3 is 0 Å². The summed E-state index contributed by atoms with van der Waals surface area (Å²) >= 11 is 9.82. The van der Waals surface area contributed by atoms with Crippen LogP contribution >= 0.6 is 27.5 Å². The summed E-state index contributed by atoms with van der Waals surface area (Å²) in [6.45, 7) is 7.08. The number of hydrogen-bond donors (Lipinski definition) is 1. The third kappa shape index (κ3) is 4.73. The first-order valence-corrected chi connectivity index (χ1v) is 8.08. The van der Waals surface area contributed by atoms with E-state index in [4.69, 9.17) is 16.3 Å². The monoisotopic (exact) mass is 367 g/mol. The van der Waals surface area contributed by atoms with Gasteiger partial charge in [0, 0.05) is 12.6 Å². The number of hydrogen-bond acceptors (Lipinski definition) is 2. The van der Waals surface area contributed by atoms with E-state index in [1.807, 2.05) is 43.3 Å². The highest BCUT2D eigenvalue weighted by atomic mass is 79.9. The normalized spacial score (nSPS) is 11.0. The lowest BCUT2D eigenvalue weighted by atomic mass is 10.2. The molecule has 2 nitrogen and oxygen atoms in total. The fraction of sp³-hybridized carbons (Fsp3) is 0.294. The molecular formula is C17H19BrClNO. The van der Waals surface area contributed by atoms with Crippen LogP contribution < -0.4 is 10.1 Å². The van der Waals surface area contributed by atoms with Gasteiger partial charge in [0.2, 0.25) is 0 Å². The largest absolute Gasteiger partial charge is 0.455 e. The molecule has 1 N–H and O–H groups in total. The van der Waals surface area contributed by atoms with E-state index in [-0.39, 0.29) is 0 Å². The number of benzene rings is 2. The van der Waals surface area contributed by atoms with Crippen LogP contribution in [0.4, 0.5) is 0 Å². The molecule has 2 aromatic carbocycles. The minimum Gasteiger partial charge on any atom is -0.455 e. The Balaban J connectivity index is 2.13. The summed E-state index contributed by atoms with van der Waals surface area (Å²) in [6, 6.07) is 12.3. The van der Waals surface area contributed by atoms with Gasteiger partial charge in [-0.05, 0) is 58.2 Å². The van der Waals surface area contributed by atoms with E-state index in [0.717, 1.165) is 22.3 Å². The Labute approximate surface area is 139 Å². The summed E-state index contributed by atoms with van der Waals surface area (Å²) in [5, 5.41) is 3.98. The van der Waals surface area contributed by atoms with Crippen LogP contribution in [0.1, 0.15) is 25.0 Å². The van der Waals surface area contributed by atoms with E-state index in [1.54, 1.807) is 0 Å².